The Labute approximate surface area is 607 Å². The zero-order valence-electron chi connectivity index (χ0n) is 60.5. The predicted octanol–water partition coefficient (Wildman–Crippen LogP) is 18.1. The number of phenolic OH excluding ortho intramolecular Hbond substituents is 3. The molecule has 6 N–H and O–H groups in total. The van der Waals surface area contributed by atoms with Gasteiger partial charge in [0.2, 0.25) is 0 Å². The Kier molecular flexibility index (Phi) is 26.9. The lowest BCUT2D eigenvalue weighted by Gasteiger charge is -2.38. The Balaban J connectivity index is 0.000000154. The van der Waals surface area contributed by atoms with Gasteiger partial charge in [0.05, 0.1) is 0 Å². The van der Waals surface area contributed by atoms with E-state index in [-0.39, 0.29) is 37.1 Å². The van der Waals surface area contributed by atoms with Crippen molar-refractivity contribution >= 4 is 50.5 Å². The normalized spacial score (nSPS) is 16.1. The number of allylic oxidation sites excluding steroid dienone is 3. The molecule has 0 spiro atoms. The van der Waals surface area contributed by atoms with Gasteiger partial charge in [-0.2, -0.15) is 0 Å². The van der Waals surface area contributed by atoms with Crippen LogP contribution in [0.1, 0.15) is 142 Å². The van der Waals surface area contributed by atoms with Crippen LogP contribution in [-0.4, -0.2) is 138 Å². The summed E-state index contributed by atoms with van der Waals surface area (Å²) >= 11 is 0. The SMILES string of the molecule is CC(C)N1CCN(c2ccc(/C(=C(/CCCO)c3ccccc3)c3ccc(O)cc3)cc2)CC1.CC(C)N1CCN(c2ccc(/C(=C(/CCCO)c3ccccc3)c3cccc(O)c3)cc2)CC1.OCCC/C(=C(\c1ccc(O)cc1)c1ccc(N2CCC(C3CC3)CC2)cc1)c1ccccc1. The largest absolute Gasteiger partial charge is 0.508 e. The minimum Gasteiger partial charge on any atom is -0.508 e. The quantitative estimate of drug-likeness (QED) is 0.0323. The van der Waals surface area contributed by atoms with Gasteiger partial charge >= 0.3 is 0 Å². The topological polar surface area (TPSA) is 138 Å². The maximum absolute atomic E-state index is 10.2. The standard InChI is InChI=1S/C31H35NO2.2C30H36N2O2/c33-22-4-7-30(25-5-2-1-3-6-25)31(27-12-16-29(34)17-13-27)26-10-14-28(15-11-26)32-20-18-24(19-21-32)23-8-9-23;1-23(2)31-17-19-32(20-18-31)27-15-13-25(14-16-27)30(26-10-6-11-28(34)22-26)29(12-7-21-33)24-8-4-3-5-9-24;1-23(2)31-18-20-32(21-19-31)27-14-10-25(11-15-27)30(26-12-16-28(34)17-13-26)29(9-6-22-33)24-7-4-3-5-8-24/h1-3,5-6,10-17,23-24,33-34H,4,7-9,18-22H2;3-6,8-11,13-16,22-23,33-34H,7,12,17-21H2,1-2H3;3-5,7-8,10-17,23,33-34H,6,9,18-22H2,1-2H3/b31-30+;2*30-29+. The van der Waals surface area contributed by atoms with E-state index in [0.717, 1.165) is 147 Å². The molecule has 102 heavy (non-hydrogen) atoms. The molecule has 4 aliphatic rings. The zero-order valence-corrected chi connectivity index (χ0v) is 60.5. The van der Waals surface area contributed by atoms with E-state index in [9.17, 15) is 30.6 Å². The molecule has 0 unspecified atom stereocenters. The van der Waals surface area contributed by atoms with Crippen molar-refractivity contribution in [3.63, 3.8) is 0 Å². The van der Waals surface area contributed by atoms with Gasteiger partial charge in [-0.25, -0.2) is 0 Å². The average Bonchev–Trinajstić information content (AvgIpc) is 1.74. The lowest BCUT2D eigenvalue weighted by atomic mass is 9.87. The summed E-state index contributed by atoms with van der Waals surface area (Å²) in [6, 6.07) is 81.6. The maximum atomic E-state index is 10.2. The second-order valence-corrected chi connectivity index (χ2v) is 28.3. The van der Waals surface area contributed by atoms with E-state index in [1.165, 1.54) is 76.2 Å². The van der Waals surface area contributed by atoms with E-state index in [1.807, 2.05) is 66.7 Å². The number of piperidine rings is 1. The van der Waals surface area contributed by atoms with E-state index >= 15 is 0 Å². The third-order valence-corrected chi connectivity index (χ3v) is 21.0. The molecular formula is C91H107N5O6. The molecule has 4 fully saturated rings. The summed E-state index contributed by atoms with van der Waals surface area (Å²) in [6.07, 6.45) is 9.95. The van der Waals surface area contributed by atoms with Crippen LogP contribution in [0.2, 0.25) is 0 Å². The van der Waals surface area contributed by atoms with Gasteiger partial charge in [0.1, 0.15) is 17.2 Å². The minimum atomic E-state index is 0.144. The molecule has 11 nitrogen and oxygen atoms in total. The van der Waals surface area contributed by atoms with Crippen LogP contribution in [0.15, 0.2) is 237 Å². The number of anilines is 3. The number of aromatic hydroxyl groups is 3. The van der Waals surface area contributed by atoms with Crippen LogP contribution in [0.25, 0.3) is 33.4 Å². The Morgan fingerprint density at radius 3 is 0.873 bits per heavy atom. The Morgan fingerprint density at radius 2 is 0.578 bits per heavy atom. The molecule has 1 aliphatic carbocycles. The average molecular weight is 1370 g/mol. The van der Waals surface area contributed by atoms with Gasteiger partial charge in [0.15, 0.2) is 0 Å². The van der Waals surface area contributed by atoms with Crippen molar-refractivity contribution in [3.8, 4) is 17.2 Å². The van der Waals surface area contributed by atoms with Gasteiger partial charge in [-0.15, -0.1) is 0 Å². The summed E-state index contributed by atoms with van der Waals surface area (Å²) < 4.78 is 0. The first-order valence-electron chi connectivity index (χ1n) is 37.5. The predicted molar refractivity (Wildman–Crippen MR) is 425 cm³/mol. The van der Waals surface area contributed by atoms with Crippen LogP contribution in [-0.2, 0) is 0 Å². The van der Waals surface area contributed by atoms with Crippen LogP contribution in [0.3, 0.4) is 0 Å². The van der Waals surface area contributed by atoms with Crippen LogP contribution >= 0.6 is 0 Å². The Bertz CT molecular complexity index is 3920. The van der Waals surface area contributed by atoms with Crippen LogP contribution in [0.5, 0.6) is 17.2 Å². The van der Waals surface area contributed by atoms with Gasteiger partial charge in [-0.3, -0.25) is 9.80 Å². The van der Waals surface area contributed by atoms with Crippen molar-refractivity contribution < 1.29 is 30.6 Å². The van der Waals surface area contributed by atoms with E-state index in [4.69, 9.17) is 0 Å². The molecule has 13 rings (SSSR count). The highest BCUT2D eigenvalue weighted by Crippen LogP contribution is 2.44. The zero-order chi connectivity index (χ0) is 71.2. The molecule has 0 atom stereocenters. The highest BCUT2D eigenvalue weighted by molar-refractivity contribution is 6.01. The molecule has 3 saturated heterocycles. The fourth-order valence-corrected chi connectivity index (χ4v) is 15.1. The highest BCUT2D eigenvalue weighted by Gasteiger charge is 2.34. The van der Waals surface area contributed by atoms with Gasteiger partial charge in [0.25, 0.3) is 0 Å². The summed E-state index contributed by atoms with van der Waals surface area (Å²) in [5.41, 5.74) is 20.9. The first-order valence-corrected chi connectivity index (χ1v) is 37.5. The minimum absolute atomic E-state index is 0.144. The number of aliphatic hydroxyl groups excluding tert-OH is 3. The maximum Gasteiger partial charge on any atom is 0.116 e. The molecule has 0 aromatic heterocycles. The third kappa shape index (κ3) is 19.9. The summed E-state index contributed by atoms with van der Waals surface area (Å²) in [7, 11) is 0. The molecule has 9 aromatic rings. The van der Waals surface area contributed by atoms with Crippen molar-refractivity contribution in [3.05, 3.63) is 287 Å². The number of hydrogen-bond donors (Lipinski definition) is 6. The van der Waals surface area contributed by atoms with Gasteiger partial charge < -0.3 is 45.3 Å². The van der Waals surface area contributed by atoms with E-state index in [1.54, 1.807) is 30.3 Å². The summed E-state index contributed by atoms with van der Waals surface area (Å²) in [5.74, 6) is 2.74. The van der Waals surface area contributed by atoms with Crippen LogP contribution < -0.4 is 14.7 Å². The van der Waals surface area contributed by atoms with Gasteiger partial charge in [-0.1, -0.05) is 164 Å². The molecule has 0 radical (unpaired) electrons. The Hall–Kier alpha value is -9.20. The van der Waals surface area contributed by atoms with Gasteiger partial charge in [0, 0.05) is 114 Å². The molecule has 3 aliphatic heterocycles. The monoisotopic (exact) mass is 1370 g/mol. The summed E-state index contributed by atoms with van der Waals surface area (Å²) in [5, 5.41) is 58.8. The molecule has 1 saturated carbocycles. The molecule has 0 bridgehead atoms. The van der Waals surface area contributed by atoms with Crippen molar-refractivity contribution in [2.75, 3.05) is 100.0 Å². The first kappa shape index (κ1) is 74.0. The van der Waals surface area contributed by atoms with Crippen molar-refractivity contribution in [1.29, 1.82) is 0 Å². The molecule has 9 aromatic carbocycles. The smallest absolute Gasteiger partial charge is 0.116 e. The molecule has 11 heteroatoms. The summed E-state index contributed by atoms with van der Waals surface area (Å²) in [6.45, 7) is 20.4. The van der Waals surface area contributed by atoms with Crippen molar-refractivity contribution in [2.24, 2.45) is 11.8 Å². The number of aliphatic hydroxyl groups is 3. The highest BCUT2D eigenvalue weighted by atomic mass is 16.3. The summed E-state index contributed by atoms with van der Waals surface area (Å²) in [4.78, 5) is 12.5. The lowest BCUT2D eigenvalue weighted by molar-refractivity contribution is 0.209. The second kappa shape index (κ2) is 37.1. The lowest BCUT2D eigenvalue weighted by Crippen LogP contribution is -2.48. The fourth-order valence-electron chi connectivity index (χ4n) is 15.1. The first-order chi connectivity index (χ1) is 49.9. The molecule has 0 amide bonds. The molecule has 532 valence electrons. The van der Waals surface area contributed by atoms with E-state index in [2.05, 4.69) is 192 Å². The van der Waals surface area contributed by atoms with Crippen molar-refractivity contribution in [1.82, 2.24) is 9.80 Å². The fraction of sp³-hybridized carbons (Fsp3) is 0.341. The molecular weight excluding hydrogens is 1260 g/mol. The van der Waals surface area contributed by atoms with Crippen LogP contribution in [0.4, 0.5) is 17.1 Å². The molecule has 3 heterocycles. The second-order valence-electron chi connectivity index (χ2n) is 28.3. The van der Waals surface area contributed by atoms with Crippen LogP contribution in [0, 0.1) is 11.8 Å². The van der Waals surface area contributed by atoms with Crippen molar-refractivity contribution in [2.45, 2.75) is 104 Å². The van der Waals surface area contributed by atoms with Gasteiger partial charge in [-0.05, 0) is 260 Å². The third-order valence-electron chi connectivity index (χ3n) is 21.0. The number of nitrogens with zero attached hydrogens (tertiary/aromatic N) is 5. The number of hydrogen-bond acceptors (Lipinski definition) is 11. The number of piperazine rings is 2. The number of rotatable bonds is 24. The number of phenols is 3. The van der Waals surface area contributed by atoms with E-state index < -0.39 is 0 Å². The Morgan fingerprint density at radius 1 is 0.294 bits per heavy atom. The van der Waals surface area contributed by atoms with E-state index in [0.29, 0.717) is 31.3 Å². The number of benzene rings is 9.